The summed E-state index contributed by atoms with van der Waals surface area (Å²) in [5, 5.41) is 0. The van der Waals surface area contributed by atoms with E-state index in [2.05, 4.69) is 9.97 Å². The summed E-state index contributed by atoms with van der Waals surface area (Å²) >= 11 is 0. The molecule has 0 atom stereocenters. The first-order valence-corrected chi connectivity index (χ1v) is 5.33. The number of hydrogen-bond donors (Lipinski definition) is 3. The number of benzene rings is 1. The van der Waals surface area contributed by atoms with E-state index in [1.807, 2.05) is 6.07 Å². The van der Waals surface area contributed by atoms with E-state index in [9.17, 15) is 9.59 Å². The molecule has 1 heterocycles. The summed E-state index contributed by atoms with van der Waals surface area (Å²) in [5.74, 6) is 0.596. The molecule has 18 heavy (non-hydrogen) atoms. The lowest BCUT2D eigenvalue weighted by atomic mass is 10.1. The van der Waals surface area contributed by atoms with Crippen LogP contribution in [0.2, 0.25) is 0 Å². The molecule has 0 amide bonds. The summed E-state index contributed by atoms with van der Waals surface area (Å²) in [4.78, 5) is 26.9. The van der Waals surface area contributed by atoms with Crippen molar-refractivity contribution in [3.05, 3.63) is 56.4 Å². The smallest absolute Gasteiger partial charge is 0.325 e. The van der Waals surface area contributed by atoms with Crippen molar-refractivity contribution in [1.82, 2.24) is 9.97 Å². The van der Waals surface area contributed by atoms with E-state index in [-0.39, 0.29) is 0 Å². The Bertz CT molecular complexity index is 645. The highest BCUT2D eigenvalue weighted by molar-refractivity contribution is 5.54. The number of H-pyrrole nitrogens is 2. The summed E-state index contributed by atoms with van der Waals surface area (Å²) in [5.41, 5.74) is 6.78. The maximum atomic E-state index is 11.1. The average Bonchev–Trinajstić information content (AvgIpc) is 2.27. The second-order valence-corrected chi connectivity index (χ2v) is 3.87. The first-order valence-electron chi connectivity index (χ1n) is 5.33. The molecule has 0 spiro atoms. The van der Waals surface area contributed by atoms with Crippen molar-refractivity contribution in [1.29, 1.82) is 0 Å². The van der Waals surface area contributed by atoms with Crippen LogP contribution in [0.3, 0.4) is 0 Å². The molecular formula is C12H13N3O3. The minimum absolute atomic E-state index is 0.421. The zero-order chi connectivity index (χ0) is 13.1. The van der Waals surface area contributed by atoms with E-state index in [4.69, 9.17) is 10.5 Å². The molecule has 2 aromatic rings. The molecule has 6 heteroatoms. The molecule has 0 saturated carbocycles. The number of nitrogens with two attached hydrogens (primary N) is 1. The standard InChI is InChI=1S/C12H13N3O3/c1-18-10-3-2-7(5-9(10)13)4-8-6-11(16)15-12(17)14-8/h2-3,5-6H,4,13H2,1H3,(H2,14,15,16,17). The first-order chi connectivity index (χ1) is 8.58. The van der Waals surface area contributed by atoms with Gasteiger partial charge in [-0.25, -0.2) is 4.79 Å². The SMILES string of the molecule is COc1ccc(Cc2cc(=O)[nH]c(=O)[nH]2)cc1N. The van der Waals surface area contributed by atoms with Gasteiger partial charge in [0.05, 0.1) is 12.8 Å². The van der Waals surface area contributed by atoms with Crippen LogP contribution in [0.25, 0.3) is 0 Å². The largest absolute Gasteiger partial charge is 0.495 e. The van der Waals surface area contributed by atoms with Crippen molar-refractivity contribution in [3.63, 3.8) is 0 Å². The lowest BCUT2D eigenvalue weighted by molar-refractivity contribution is 0.417. The van der Waals surface area contributed by atoms with Crippen molar-refractivity contribution in [3.8, 4) is 5.75 Å². The number of methoxy groups -OCH3 is 1. The van der Waals surface area contributed by atoms with Crippen molar-refractivity contribution in [2.75, 3.05) is 12.8 Å². The highest BCUT2D eigenvalue weighted by atomic mass is 16.5. The van der Waals surface area contributed by atoms with Crippen LogP contribution in [0.5, 0.6) is 5.75 Å². The summed E-state index contributed by atoms with van der Waals surface area (Å²) in [6, 6.07) is 6.67. The van der Waals surface area contributed by atoms with Gasteiger partial charge in [-0.1, -0.05) is 6.07 Å². The Labute approximate surface area is 102 Å². The zero-order valence-corrected chi connectivity index (χ0v) is 9.82. The van der Waals surface area contributed by atoms with Gasteiger partial charge in [-0.3, -0.25) is 9.78 Å². The average molecular weight is 247 g/mol. The number of anilines is 1. The second kappa shape index (κ2) is 4.79. The van der Waals surface area contributed by atoms with Crippen molar-refractivity contribution >= 4 is 5.69 Å². The van der Waals surface area contributed by atoms with Crippen LogP contribution in [-0.4, -0.2) is 17.1 Å². The molecule has 0 fully saturated rings. The van der Waals surface area contributed by atoms with E-state index in [1.54, 1.807) is 19.2 Å². The van der Waals surface area contributed by atoms with Crippen LogP contribution >= 0.6 is 0 Å². The van der Waals surface area contributed by atoms with Gasteiger partial charge in [0.15, 0.2) is 0 Å². The molecule has 0 bridgehead atoms. The van der Waals surface area contributed by atoms with Crippen molar-refractivity contribution in [2.24, 2.45) is 0 Å². The normalized spacial score (nSPS) is 10.3. The number of nitrogen functional groups attached to an aromatic ring is 1. The van der Waals surface area contributed by atoms with Gasteiger partial charge in [0.1, 0.15) is 5.75 Å². The minimum atomic E-state index is -0.515. The molecule has 0 radical (unpaired) electrons. The molecule has 0 aliphatic carbocycles. The fraction of sp³-hybridized carbons (Fsp3) is 0.167. The molecule has 1 aromatic heterocycles. The van der Waals surface area contributed by atoms with Crippen LogP contribution < -0.4 is 21.7 Å². The summed E-state index contributed by atoms with van der Waals surface area (Å²) in [6.07, 6.45) is 0.424. The third-order valence-corrected chi connectivity index (χ3v) is 2.50. The predicted octanol–water partition coefficient (Wildman–Crippen LogP) is 0.245. The van der Waals surface area contributed by atoms with Crippen LogP contribution in [0.1, 0.15) is 11.3 Å². The van der Waals surface area contributed by atoms with Crippen LogP contribution in [-0.2, 0) is 6.42 Å². The molecule has 1 aromatic carbocycles. The molecule has 0 aliphatic heterocycles. The van der Waals surface area contributed by atoms with Gasteiger partial charge in [0.25, 0.3) is 5.56 Å². The molecule has 2 rings (SSSR count). The Morgan fingerprint density at radius 3 is 2.61 bits per heavy atom. The minimum Gasteiger partial charge on any atom is -0.495 e. The molecule has 0 aliphatic rings. The van der Waals surface area contributed by atoms with Crippen LogP contribution in [0.15, 0.2) is 33.9 Å². The number of rotatable bonds is 3. The van der Waals surface area contributed by atoms with Gasteiger partial charge in [-0.15, -0.1) is 0 Å². The predicted molar refractivity (Wildman–Crippen MR) is 67.9 cm³/mol. The third kappa shape index (κ3) is 2.60. The van der Waals surface area contributed by atoms with Gasteiger partial charge in [0.2, 0.25) is 0 Å². The zero-order valence-electron chi connectivity index (χ0n) is 9.82. The summed E-state index contributed by atoms with van der Waals surface area (Å²) < 4.78 is 5.05. The third-order valence-electron chi connectivity index (χ3n) is 2.50. The van der Waals surface area contributed by atoms with Gasteiger partial charge >= 0.3 is 5.69 Å². The topological polar surface area (TPSA) is 101 Å². The van der Waals surface area contributed by atoms with E-state index >= 15 is 0 Å². The molecule has 0 unspecified atom stereocenters. The Morgan fingerprint density at radius 1 is 1.22 bits per heavy atom. The second-order valence-electron chi connectivity index (χ2n) is 3.87. The van der Waals surface area contributed by atoms with E-state index in [1.165, 1.54) is 6.07 Å². The maximum absolute atomic E-state index is 11.1. The Kier molecular flexibility index (Phi) is 3.18. The number of hydrogen-bond acceptors (Lipinski definition) is 4. The molecular weight excluding hydrogens is 234 g/mol. The molecule has 6 nitrogen and oxygen atoms in total. The first kappa shape index (κ1) is 12.0. The maximum Gasteiger partial charge on any atom is 0.325 e. The van der Waals surface area contributed by atoms with Crippen molar-refractivity contribution < 1.29 is 4.74 Å². The monoisotopic (exact) mass is 247 g/mol. The van der Waals surface area contributed by atoms with Gasteiger partial charge in [-0.05, 0) is 17.7 Å². The Balaban J connectivity index is 2.31. The number of nitrogens with one attached hydrogen (secondary N) is 2. The Morgan fingerprint density at radius 2 is 2.00 bits per heavy atom. The molecule has 0 saturated heterocycles. The van der Waals surface area contributed by atoms with Gasteiger partial charge in [0, 0.05) is 18.2 Å². The lowest BCUT2D eigenvalue weighted by Gasteiger charge is -2.07. The van der Waals surface area contributed by atoms with E-state index < -0.39 is 11.2 Å². The summed E-state index contributed by atoms with van der Waals surface area (Å²) in [6.45, 7) is 0. The van der Waals surface area contributed by atoms with Crippen molar-refractivity contribution in [2.45, 2.75) is 6.42 Å². The van der Waals surface area contributed by atoms with Crippen LogP contribution in [0.4, 0.5) is 5.69 Å². The van der Waals surface area contributed by atoms with Crippen LogP contribution in [0, 0.1) is 0 Å². The summed E-state index contributed by atoms with van der Waals surface area (Å²) in [7, 11) is 1.54. The fourth-order valence-corrected chi connectivity index (χ4v) is 1.73. The number of ether oxygens (including phenoxy) is 1. The van der Waals surface area contributed by atoms with E-state index in [0.717, 1.165) is 5.56 Å². The highest BCUT2D eigenvalue weighted by Gasteiger charge is 2.03. The fourth-order valence-electron chi connectivity index (χ4n) is 1.73. The number of aromatic nitrogens is 2. The van der Waals surface area contributed by atoms with E-state index in [0.29, 0.717) is 23.6 Å². The molecule has 94 valence electrons. The van der Waals surface area contributed by atoms with Gasteiger partial charge < -0.3 is 15.5 Å². The molecule has 4 N–H and O–H groups in total. The Hall–Kier alpha value is -2.50. The van der Waals surface area contributed by atoms with Gasteiger partial charge in [-0.2, -0.15) is 0 Å². The lowest BCUT2D eigenvalue weighted by Crippen LogP contribution is -2.23. The highest BCUT2D eigenvalue weighted by Crippen LogP contribution is 2.22. The quantitative estimate of drug-likeness (QED) is 0.676. The number of aromatic amines is 2.